The van der Waals surface area contributed by atoms with Gasteiger partial charge in [0.25, 0.3) is 15.9 Å². The van der Waals surface area contributed by atoms with Gasteiger partial charge in [-0.25, -0.2) is 8.42 Å². The Hall–Kier alpha value is -3.65. The molecule has 0 saturated carbocycles. The minimum atomic E-state index is -3.84. The van der Waals surface area contributed by atoms with Crippen molar-refractivity contribution in [3.05, 3.63) is 83.9 Å². The van der Waals surface area contributed by atoms with Gasteiger partial charge in [0.2, 0.25) is 5.91 Å². The van der Waals surface area contributed by atoms with Crippen molar-refractivity contribution in [2.24, 2.45) is 0 Å². The van der Waals surface area contributed by atoms with E-state index in [1.807, 2.05) is 13.0 Å². The highest BCUT2D eigenvalue weighted by molar-refractivity contribution is 7.92. The van der Waals surface area contributed by atoms with E-state index in [4.69, 9.17) is 0 Å². The van der Waals surface area contributed by atoms with Crippen LogP contribution in [-0.2, 0) is 14.8 Å². The smallest absolute Gasteiger partial charge is 0.264 e. The maximum absolute atomic E-state index is 13.1. The predicted molar refractivity (Wildman–Crippen MR) is 122 cm³/mol. The van der Waals surface area contributed by atoms with Crippen molar-refractivity contribution in [1.29, 1.82) is 0 Å². The summed E-state index contributed by atoms with van der Waals surface area (Å²) in [5, 5.41) is 5.37. The quantitative estimate of drug-likeness (QED) is 0.609. The number of anilines is 3. The molecule has 0 radical (unpaired) electrons. The molecule has 0 spiro atoms. The molecule has 2 N–H and O–H groups in total. The monoisotopic (exact) mass is 437 g/mol. The average Bonchev–Trinajstić information content (AvgIpc) is 2.74. The molecule has 0 saturated heterocycles. The molecule has 0 aliphatic rings. The fraction of sp³-hybridized carbons (Fsp3) is 0.130. The lowest BCUT2D eigenvalue weighted by Gasteiger charge is -2.20. The predicted octanol–water partition coefficient (Wildman–Crippen LogP) is 4.03. The number of nitrogens with zero attached hydrogens (tertiary/aromatic N) is 1. The molecule has 0 unspecified atom stereocenters. The Labute approximate surface area is 181 Å². The van der Waals surface area contributed by atoms with Crippen molar-refractivity contribution in [3.63, 3.8) is 0 Å². The first-order valence-corrected chi connectivity index (χ1v) is 11.0. The zero-order valence-electron chi connectivity index (χ0n) is 17.4. The van der Waals surface area contributed by atoms with E-state index in [1.165, 1.54) is 36.5 Å². The second-order valence-corrected chi connectivity index (χ2v) is 9.02. The minimum absolute atomic E-state index is 0.0187. The fourth-order valence-corrected chi connectivity index (χ4v) is 4.20. The SMILES string of the molecule is CC(=O)Nc1ccc(NC(=O)c2cccc(S(=O)(=O)N(C)c3cccc(C)c3)c2)cc1. The van der Waals surface area contributed by atoms with Crippen molar-refractivity contribution in [1.82, 2.24) is 0 Å². The van der Waals surface area contributed by atoms with Crippen LogP contribution in [0, 0.1) is 6.92 Å². The first-order chi connectivity index (χ1) is 14.7. The maximum Gasteiger partial charge on any atom is 0.264 e. The number of hydrogen-bond donors (Lipinski definition) is 2. The number of nitrogens with one attached hydrogen (secondary N) is 2. The summed E-state index contributed by atoms with van der Waals surface area (Å²) in [6.45, 7) is 3.30. The second-order valence-electron chi connectivity index (χ2n) is 7.05. The van der Waals surface area contributed by atoms with Crippen LogP contribution in [0.3, 0.4) is 0 Å². The van der Waals surface area contributed by atoms with E-state index < -0.39 is 15.9 Å². The van der Waals surface area contributed by atoms with Gasteiger partial charge in [-0.2, -0.15) is 0 Å². The van der Waals surface area contributed by atoms with Crippen molar-refractivity contribution in [2.45, 2.75) is 18.7 Å². The second kappa shape index (κ2) is 9.01. The first kappa shape index (κ1) is 22.0. The van der Waals surface area contributed by atoms with E-state index >= 15 is 0 Å². The third kappa shape index (κ3) is 5.29. The van der Waals surface area contributed by atoms with E-state index in [0.717, 1.165) is 5.56 Å². The van der Waals surface area contributed by atoms with Crippen LogP contribution < -0.4 is 14.9 Å². The maximum atomic E-state index is 13.1. The van der Waals surface area contributed by atoms with E-state index in [0.29, 0.717) is 17.1 Å². The largest absolute Gasteiger partial charge is 0.326 e. The number of hydrogen-bond acceptors (Lipinski definition) is 4. The van der Waals surface area contributed by atoms with E-state index in [1.54, 1.807) is 48.5 Å². The topological polar surface area (TPSA) is 95.6 Å². The fourth-order valence-electron chi connectivity index (χ4n) is 2.96. The molecule has 0 atom stereocenters. The molecule has 7 nitrogen and oxygen atoms in total. The van der Waals surface area contributed by atoms with Crippen LogP contribution in [0.2, 0.25) is 0 Å². The summed E-state index contributed by atoms with van der Waals surface area (Å²) < 4.78 is 27.3. The lowest BCUT2D eigenvalue weighted by atomic mass is 10.2. The molecule has 0 aliphatic carbocycles. The van der Waals surface area contributed by atoms with Gasteiger partial charge in [-0.15, -0.1) is 0 Å². The zero-order valence-corrected chi connectivity index (χ0v) is 18.2. The number of rotatable bonds is 6. The van der Waals surface area contributed by atoms with Crippen LogP contribution in [0.15, 0.2) is 77.7 Å². The van der Waals surface area contributed by atoms with Gasteiger partial charge >= 0.3 is 0 Å². The van der Waals surface area contributed by atoms with Crippen molar-refractivity contribution < 1.29 is 18.0 Å². The molecule has 31 heavy (non-hydrogen) atoms. The molecule has 2 amide bonds. The van der Waals surface area contributed by atoms with Crippen molar-refractivity contribution in [3.8, 4) is 0 Å². The van der Waals surface area contributed by atoms with E-state index in [2.05, 4.69) is 10.6 Å². The van der Waals surface area contributed by atoms with Gasteiger partial charge in [0.05, 0.1) is 10.6 Å². The van der Waals surface area contributed by atoms with Crippen LogP contribution in [0.25, 0.3) is 0 Å². The third-order valence-electron chi connectivity index (χ3n) is 4.58. The molecule has 8 heteroatoms. The van der Waals surface area contributed by atoms with Gasteiger partial charge in [-0.05, 0) is 67.1 Å². The molecule has 0 fully saturated rings. The lowest BCUT2D eigenvalue weighted by Crippen LogP contribution is -2.27. The van der Waals surface area contributed by atoms with Gasteiger partial charge in [0, 0.05) is 30.9 Å². The standard InChI is InChI=1S/C23H23N3O4S/c1-16-6-4-8-21(14-16)26(3)31(29,30)22-9-5-7-18(15-22)23(28)25-20-12-10-19(11-13-20)24-17(2)27/h4-15H,1-3H3,(H,24,27)(H,25,28). The number of aryl methyl sites for hydroxylation is 1. The summed E-state index contributed by atoms with van der Waals surface area (Å²) in [6, 6.07) is 19.7. The van der Waals surface area contributed by atoms with Crippen LogP contribution in [0.4, 0.5) is 17.1 Å². The van der Waals surface area contributed by atoms with Gasteiger partial charge in [-0.3, -0.25) is 13.9 Å². The van der Waals surface area contributed by atoms with Crippen LogP contribution >= 0.6 is 0 Å². The molecule has 3 aromatic carbocycles. The van der Waals surface area contributed by atoms with Gasteiger partial charge < -0.3 is 10.6 Å². The molecular formula is C23H23N3O4S. The first-order valence-electron chi connectivity index (χ1n) is 9.51. The third-order valence-corrected chi connectivity index (χ3v) is 6.36. The van der Waals surface area contributed by atoms with Crippen LogP contribution in [0.5, 0.6) is 0 Å². The molecule has 3 rings (SSSR count). The van der Waals surface area contributed by atoms with Gasteiger partial charge in [-0.1, -0.05) is 18.2 Å². The lowest BCUT2D eigenvalue weighted by molar-refractivity contribution is -0.114. The van der Waals surface area contributed by atoms with E-state index in [-0.39, 0.29) is 16.4 Å². The average molecular weight is 438 g/mol. The Morgan fingerprint density at radius 1 is 0.839 bits per heavy atom. The highest BCUT2D eigenvalue weighted by Gasteiger charge is 2.22. The number of carbonyl (C=O) groups excluding carboxylic acids is 2. The molecular weight excluding hydrogens is 414 g/mol. The summed E-state index contributed by atoms with van der Waals surface area (Å²) in [4.78, 5) is 23.8. The summed E-state index contributed by atoms with van der Waals surface area (Å²) in [5.74, 6) is -0.632. The summed E-state index contributed by atoms with van der Waals surface area (Å²) in [5.41, 5.74) is 2.82. The normalized spacial score (nSPS) is 10.9. The number of sulfonamides is 1. The highest BCUT2D eigenvalue weighted by Crippen LogP contribution is 2.24. The Morgan fingerprint density at radius 3 is 2.06 bits per heavy atom. The van der Waals surface area contributed by atoms with Crippen LogP contribution in [0.1, 0.15) is 22.8 Å². The Bertz CT molecular complexity index is 1220. The molecule has 0 aliphatic heterocycles. The van der Waals surface area contributed by atoms with Crippen LogP contribution in [-0.4, -0.2) is 27.3 Å². The number of amides is 2. The minimum Gasteiger partial charge on any atom is -0.326 e. The zero-order chi connectivity index (χ0) is 22.6. The van der Waals surface area contributed by atoms with Gasteiger partial charge in [0.15, 0.2) is 0 Å². The molecule has 3 aromatic rings. The molecule has 160 valence electrons. The number of benzene rings is 3. The Kier molecular flexibility index (Phi) is 6.41. The summed E-state index contributed by atoms with van der Waals surface area (Å²) >= 11 is 0. The highest BCUT2D eigenvalue weighted by atomic mass is 32.2. The molecule has 0 aromatic heterocycles. The summed E-state index contributed by atoms with van der Waals surface area (Å²) in [6.07, 6.45) is 0. The Balaban J connectivity index is 1.80. The van der Waals surface area contributed by atoms with Crippen molar-refractivity contribution >= 4 is 38.9 Å². The molecule has 0 heterocycles. The summed E-state index contributed by atoms with van der Waals surface area (Å²) in [7, 11) is -2.36. The molecule has 0 bridgehead atoms. The number of carbonyl (C=O) groups is 2. The Morgan fingerprint density at radius 2 is 1.45 bits per heavy atom. The van der Waals surface area contributed by atoms with E-state index in [9.17, 15) is 18.0 Å². The van der Waals surface area contributed by atoms with Gasteiger partial charge in [0.1, 0.15) is 0 Å². The van der Waals surface area contributed by atoms with Crippen molar-refractivity contribution in [2.75, 3.05) is 22.0 Å².